The molecule has 4 aliphatic rings. The Kier molecular flexibility index (Phi) is 7.98. The summed E-state index contributed by atoms with van der Waals surface area (Å²) < 4.78 is 4.78. The number of carbonyl (C=O) groups excluding carboxylic acids is 3. The molecule has 198 valence electrons. The number of para-hydroxylation sites is 1. The van der Waals surface area contributed by atoms with Crippen molar-refractivity contribution in [2.45, 2.75) is 54.6 Å². The third-order valence-electron chi connectivity index (χ3n) is 7.80. The van der Waals surface area contributed by atoms with E-state index in [0.717, 1.165) is 25.7 Å². The summed E-state index contributed by atoms with van der Waals surface area (Å²) in [5.41, 5.74) is 0.605. The Balaban J connectivity index is 1.57. The minimum Gasteiger partial charge on any atom is -0.465 e. The molecule has 4 heterocycles. The van der Waals surface area contributed by atoms with Crippen LogP contribution in [0.2, 0.25) is 5.02 Å². The van der Waals surface area contributed by atoms with Crippen LogP contribution in [0.4, 0.5) is 5.69 Å². The van der Waals surface area contributed by atoms with Crippen molar-refractivity contribution in [3.05, 3.63) is 53.6 Å². The van der Waals surface area contributed by atoms with Crippen molar-refractivity contribution in [2.75, 3.05) is 31.2 Å². The number of hydrogen-bond donors (Lipinski definition) is 1. The van der Waals surface area contributed by atoms with Crippen LogP contribution in [0.3, 0.4) is 0 Å². The number of carbonyl (C=O) groups is 3. The van der Waals surface area contributed by atoms with Crippen LogP contribution < -0.4 is 4.90 Å². The molecule has 9 heteroatoms. The van der Waals surface area contributed by atoms with Gasteiger partial charge in [-0.15, -0.1) is 11.8 Å². The number of rotatable bonds is 6. The van der Waals surface area contributed by atoms with Crippen LogP contribution in [0.15, 0.2) is 48.6 Å². The summed E-state index contributed by atoms with van der Waals surface area (Å²) in [5, 5.41) is 9.44. The third kappa shape index (κ3) is 4.72. The molecule has 2 saturated heterocycles. The number of unbranched alkanes of at least 4 members (excludes halogenated alkanes) is 2. The highest BCUT2D eigenvalue weighted by Crippen LogP contribution is 2.61. The topological polar surface area (TPSA) is 87.2 Å². The standard InChI is InChI=1S/C28H33ClN2O5S/c29-19-11-5-6-12-20(19)30-16-10-14-28-23(22-21(37-28)13-4-1-2-9-18-36-27(22)35)25(33)31(24(28)26(30)34)15-7-3-8-17-32/h4-6,10-14,21-24,32H,1-3,7-9,15-18H2/b13-4-/t21-,22+,23-,24?,28-/m0/s1. The van der Waals surface area contributed by atoms with E-state index in [1.54, 1.807) is 27.6 Å². The molecule has 0 radical (unpaired) electrons. The van der Waals surface area contributed by atoms with Crippen LogP contribution in [0.25, 0.3) is 0 Å². The number of aliphatic hydroxyl groups excluding tert-OH is 1. The smallest absolute Gasteiger partial charge is 0.311 e. The van der Waals surface area contributed by atoms with Crippen molar-refractivity contribution in [2.24, 2.45) is 11.8 Å². The van der Waals surface area contributed by atoms with Crippen molar-refractivity contribution in [3.8, 4) is 0 Å². The molecule has 0 bridgehead atoms. The number of halogens is 1. The van der Waals surface area contributed by atoms with Crippen LogP contribution >= 0.6 is 23.4 Å². The van der Waals surface area contributed by atoms with Gasteiger partial charge >= 0.3 is 5.97 Å². The summed E-state index contributed by atoms with van der Waals surface area (Å²) >= 11 is 8.05. The molecule has 0 aliphatic carbocycles. The summed E-state index contributed by atoms with van der Waals surface area (Å²) in [6.07, 6.45) is 12.7. The zero-order chi connectivity index (χ0) is 26.0. The summed E-state index contributed by atoms with van der Waals surface area (Å²) in [4.78, 5) is 45.2. The molecule has 1 N–H and O–H groups in total. The Morgan fingerprint density at radius 2 is 1.92 bits per heavy atom. The number of benzene rings is 1. The van der Waals surface area contributed by atoms with Gasteiger partial charge < -0.3 is 19.6 Å². The summed E-state index contributed by atoms with van der Waals surface area (Å²) in [6.45, 7) is 1.15. The molecule has 0 aromatic heterocycles. The normalized spacial score (nSPS) is 32.4. The molecule has 7 nitrogen and oxygen atoms in total. The summed E-state index contributed by atoms with van der Waals surface area (Å²) in [6, 6.07) is 6.46. The number of fused-ring (bicyclic) bond motifs is 2. The van der Waals surface area contributed by atoms with Gasteiger partial charge in [0.05, 0.1) is 33.9 Å². The number of aliphatic hydroxyl groups is 1. The number of thioether (sulfide) groups is 1. The van der Waals surface area contributed by atoms with Gasteiger partial charge in [-0.25, -0.2) is 0 Å². The number of anilines is 1. The van der Waals surface area contributed by atoms with Gasteiger partial charge in [0.2, 0.25) is 5.91 Å². The fourth-order valence-corrected chi connectivity index (χ4v) is 8.35. The van der Waals surface area contributed by atoms with Crippen molar-refractivity contribution in [3.63, 3.8) is 0 Å². The van der Waals surface area contributed by atoms with Crippen LogP contribution in [0.1, 0.15) is 38.5 Å². The van der Waals surface area contributed by atoms with E-state index in [2.05, 4.69) is 6.08 Å². The molecule has 1 aromatic rings. The van der Waals surface area contributed by atoms with Crippen molar-refractivity contribution >= 4 is 46.8 Å². The molecule has 2 fully saturated rings. The van der Waals surface area contributed by atoms with Crippen LogP contribution in [0.5, 0.6) is 0 Å². The molecule has 0 saturated carbocycles. The molecule has 1 spiro atoms. The van der Waals surface area contributed by atoms with E-state index in [-0.39, 0.29) is 29.6 Å². The van der Waals surface area contributed by atoms with E-state index < -0.39 is 22.6 Å². The molecular weight excluding hydrogens is 512 g/mol. The Morgan fingerprint density at radius 1 is 1.08 bits per heavy atom. The zero-order valence-electron chi connectivity index (χ0n) is 20.8. The van der Waals surface area contributed by atoms with Crippen molar-refractivity contribution in [1.29, 1.82) is 0 Å². The quantitative estimate of drug-likeness (QED) is 0.331. The maximum absolute atomic E-state index is 14.3. The number of cyclic esters (lactones) is 1. The van der Waals surface area contributed by atoms with Crippen molar-refractivity contribution in [1.82, 2.24) is 4.90 Å². The van der Waals surface area contributed by atoms with Gasteiger partial charge in [-0.1, -0.05) is 48.0 Å². The lowest BCUT2D eigenvalue weighted by atomic mass is 9.78. The molecular formula is C28H33ClN2O5S. The second-order valence-electron chi connectivity index (χ2n) is 10.1. The van der Waals surface area contributed by atoms with Gasteiger partial charge in [0.15, 0.2) is 0 Å². The Morgan fingerprint density at radius 3 is 2.73 bits per heavy atom. The first-order chi connectivity index (χ1) is 18.0. The molecule has 37 heavy (non-hydrogen) atoms. The first kappa shape index (κ1) is 26.3. The maximum atomic E-state index is 14.3. The molecule has 1 unspecified atom stereocenters. The van der Waals surface area contributed by atoms with Gasteiger partial charge in [-0.05, 0) is 50.7 Å². The lowest BCUT2D eigenvalue weighted by Gasteiger charge is -2.35. The predicted octanol–water partition coefficient (Wildman–Crippen LogP) is 3.99. The first-order valence-corrected chi connectivity index (χ1v) is 14.4. The lowest BCUT2D eigenvalue weighted by Crippen LogP contribution is -2.53. The highest BCUT2D eigenvalue weighted by atomic mass is 35.5. The van der Waals surface area contributed by atoms with Gasteiger partial charge in [-0.2, -0.15) is 0 Å². The first-order valence-electron chi connectivity index (χ1n) is 13.2. The number of likely N-dealkylation sites (tertiary alicyclic amines) is 1. The van der Waals surface area contributed by atoms with Crippen LogP contribution in [-0.4, -0.2) is 70.1 Å². The average Bonchev–Trinajstić information content (AvgIpc) is 3.27. The van der Waals surface area contributed by atoms with E-state index in [4.69, 9.17) is 16.3 Å². The minimum absolute atomic E-state index is 0.0870. The van der Waals surface area contributed by atoms with Crippen LogP contribution in [0, 0.1) is 11.8 Å². The number of esters is 1. The molecule has 2 amide bonds. The summed E-state index contributed by atoms with van der Waals surface area (Å²) in [7, 11) is 0. The van der Waals surface area contributed by atoms with E-state index >= 15 is 0 Å². The highest BCUT2D eigenvalue weighted by molar-refractivity contribution is 8.02. The molecule has 5 atom stereocenters. The Bertz CT molecular complexity index is 1110. The second-order valence-corrected chi connectivity index (χ2v) is 11.9. The van der Waals surface area contributed by atoms with Gasteiger partial charge in [0.1, 0.15) is 6.04 Å². The molecule has 5 rings (SSSR count). The SMILES string of the molecule is O=C1OCCCC/C=C\[C@@H]2S[C@]34C=CCN(c5ccccc5Cl)C(=O)C3N(CCCCCO)C(=O)[C@@H]4[C@H]12. The zero-order valence-corrected chi connectivity index (χ0v) is 22.3. The van der Waals surface area contributed by atoms with Gasteiger partial charge in [0.25, 0.3) is 5.91 Å². The Hall–Kier alpha value is -2.29. The second kappa shape index (κ2) is 11.2. The lowest BCUT2D eigenvalue weighted by molar-refractivity contribution is -0.153. The predicted molar refractivity (Wildman–Crippen MR) is 144 cm³/mol. The largest absolute Gasteiger partial charge is 0.465 e. The van der Waals surface area contributed by atoms with E-state index in [9.17, 15) is 19.5 Å². The third-order valence-corrected chi connectivity index (χ3v) is 9.87. The Labute approximate surface area is 226 Å². The fourth-order valence-electron chi connectivity index (χ4n) is 6.11. The average molecular weight is 545 g/mol. The fraction of sp³-hybridized carbons (Fsp3) is 0.536. The van der Waals surface area contributed by atoms with E-state index in [1.807, 2.05) is 36.4 Å². The maximum Gasteiger partial charge on any atom is 0.311 e. The number of nitrogens with zero attached hydrogens (tertiary/aromatic N) is 2. The number of hydrogen-bond acceptors (Lipinski definition) is 6. The monoisotopic (exact) mass is 544 g/mol. The number of amides is 2. The summed E-state index contributed by atoms with van der Waals surface area (Å²) in [5.74, 6) is -2.05. The van der Waals surface area contributed by atoms with E-state index in [0.29, 0.717) is 43.2 Å². The number of allylic oxidation sites excluding steroid dienone is 1. The minimum atomic E-state index is -0.881. The van der Waals surface area contributed by atoms with Gasteiger partial charge in [-0.3, -0.25) is 14.4 Å². The number of ether oxygens (including phenoxy) is 1. The highest BCUT2D eigenvalue weighted by Gasteiger charge is 2.70. The van der Waals surface area contributed by atoms with Gasteiger partial charge in [0, 0.05) is 24.9 Å². The van der Waals surface area contributed by atoms with Crippen LogP contribution in [-0.2, 0) is 19.1 Å². The van der Waals surface area contributed by atoms with Crippen molar-refractivity contribution < 1.29 is 24.2 Å². The molecule has 4 aliphatic heterocycles. The van der Waals surface area contributed by atoms with E-state index in [1.165, 1.54) is 0 Å². The molecule has 1 aromatic carbocycles.